The van der Waals surface area contributed by atoms with Gasteiger partial charge in [-0.05, 0) is 36.8 Å². The van der Waals surface area contributed by atoms with Crippen LogP contribution in [0.2, 0.25) is 0 Å². The van der Waals surface area contributed by atoms with E-state index in [-0.39, 0.29) is 0 Å². The summed E-state index contributed by atoms with van der Waals surface area (Å²) in [4.78, 5) is 8.67. The molecule has 3 nitrogen and oxygen atoms in total. The Labute approximate surface area is 93.4 Å². The van der Waals surface area contributed by atoms with Gasteiger partial charge in [-0.3, -0.25) is 4.98 Å². The van der Waals surface area contributed by atoms with E-state index in [2.05, 4.69) is 29.0 Å². The third kappa shape index (κ3) is 1.46. The van der Waals surface area contributed by atoms with Gasteiger partial charge in [0.15, 0.2) is 0 Å². The molecule has 0 atom stereocenters. The minimum absolute atomic E-state index is 0.957. The number of aryl methyl sites for hydroxylation is 1. The summed E-state index contributed by atoms with van der Waals surface area (Å²) in [6.07, 6.45) is 7.64. The monoisotopic (exact) mass is 209 g/mol. The number of hydrogen-bond donors (Lipinski definition) is 0. The minimum atomic E-state index is 0.957. The number of aromatic nitrogens is 3. The smallest absolute Gasteiger partial charge is 0.137 e. The lowest BCUT2D eigenvalue weighted by molar-refractivity contribution is 1.17. The third-order valence-electron chi connectivity index (χ3n) is 2.57. The molecule has 0 aromatic carbocycles. The van der Waals surface area contributed by atoms with E-state index in [9.17, 15) is 0 Å². The molecular weight excluding hydrogens is 198 g/mol. The van der Waals surface area contributed by atoms with Gasteiger partial charge in [0, 0.05) is 30.4 Å². The Morgan fingerprint density at radius 2 is 2.19 bits per heavy atom. The maximum absolute atomic E-state index is 4.57. The van der Waals surface area contributed by atoms with Gasteiger partial charge < -0.3 is 4.40 Å². The predicted molar refractivity (Wildman–Crippen MR) is 63.2 cm³/mol. The first-order chi connectivity index (χ1) is 7.83. The Hall–Kier alpha value is -2.16. The molecule has 0 aliphatic carbocycles. The third-order valence-corrected chi connectivity index (χ3v) is 2.57. The molecule has 0 bridgehead atoms. The molecule has 0 aliphatic heterocycles. The molecular formula is C13H11N3. The topological polar surface area (TPSA) is 30.2 Å². The highest BCUT2D eigenvalue weighted by Crippen LogP contribution is 2.18. The van der Waals surface area contributed by atoms with Crippen LogP contribution in [0, 0.1) is 6.92 Å². The first kappa shape index (κ1) is 9.09. The van der Waals surface area contributed by atoms with Crippen molar-refractivity contribution in [3.05, 3.63) is 54.6 Å². The van der Waals surface area contributed by atoms with E-state index in [0.717, 1.165) is 16.9 Å². The standard InChI is InChI=1S/C13H11N3/c1-10-4-6-16-9-12(15-13(16)7-10)11-3-2-5-14-8-11/h2-9H,1H3. The van der Waals surface area contributed by atoms with Crippen LogP contribution in [0.15, 0.2) is 49.1 Å². The van der Waals surface area contributed by atoms with Crippen molar-refractivity contribution in [3.8, 4) is 11.3 Å². The summed E-state index contributed by atoms with van der Waals surface area (Å²) < 4.78 is 2.02. The van der Waals surface area contributed by atoms with Crippen LogP contribution in [-0.2, 0) is 0 Å². The Kier molecular flexibility index (Phi) is 1.96. The van der Waals surface area contributed by atoms with E-state index in [1.165, 1.54) is 5.56 Å². The minimum Gasteiger partial charge on any atom is -0.306 e. The van der Waals surface area contributed by atoms with Crippen molar-refractivity contribution in [2.75, 3.05) is 0 Å². The van der Waals surface area contributed by atoms with Crippen molar-refractivity contribution in [2.24, 2.45) is 0 Å². The van der Waals surface area contributed by atoms with Gasteiger partial charge in [-0.1, -0.05) is 0 Å². The van der Waals surface area contributed by atoms with Crippen molar-refractivity contribution in [1.29, 1.82) is 0 Å². The lowest BCUT2D eigenvalue weighted by atomic mass is 10.2. The van der Waals surface area contributed by atoms with Crippen molar-refractivity contribution >= 4 is 5.65 Å². The molecule has 3 rings (SSSR count). The zero-order valence-corrected chi connectivity index (χ0v) is 8.96. The molecule has 0 amide bonds. The van der Waals surface area contributed by atoms with Crippen molar-refractivity contribution in [1.82, 2.24) is 14.4 Å². The van der Waals surface area contributed by atoms with Gasteiger partial charge in [-0.25, -0.2) is 4.98 Å². The Balaban J connectivity index is 2.19. The maximum atomic E-state index is 4.57. The van der Waals surface area contributed by atoms with Crippen LogP contribution in [0.5, 0.6) is 0 Å². The normalized spacial score (nSPS) is 10.8. The van der Waals surface area contributed by atoms with Gasteiger partial charge >= 0.3 is 0 Å². The maximum Gasteiger partial charge on any atom is 0.137 e. The molecule has 3 heteroatoms. The fraction of sp³-hybridized carbons (Fsp3) is 0.0769. The Morgan fingerprint density at radius 1 is 1.25 bits per heavy atom. The van der Waals surface area contributed by atoms with Crippen LogP contribution in [0.4, 0.5) is 0 Å². The average Bonchev–Trinajstić information content (AvgIpc) is 2.73. The highest BCUT2D eigenvalue weighted by molar-refractivity contribution is 5.61. The van der Waals surface area contributed by atoms with E-state index in [0.29, 0.717) is 0 Å². The number of imidazole rings is 1. The van der Waals surface area contributed by atoms with Crippen LogP contribution in [0.3, 0.4) is 0 Å². The van der Waals surface area contributed by atoms with E-state index < -0.39 is 0 Å². The summed E-state index contributed by atoms with van der Waals surface area (Å²) in [6, 6.07) is 8.08. The SMILES string of the molecule is Cc1ccn2cc(-c3cccnc3)nc2c1. The highest BCUT2D eigenvalue weighted by atomic mass is 15.0. The summed E-state index contributed by atoms with van der Waals surface area (Å²) in [5.74, 6) is 0. The molecule has 0 unspecified atom stereocenters. The van der Waals surface area contributed by atoms with Crippen molar-refractivity contribution in [3.63, 3.8) is 0 Å². The molecule has 0 N–H and O–H groups in total. The van der Waals surface area contributed by atoms with Gasteiger partial charge in [0.25, 0.3) is 0 Å². The molecule has 0 aliphatic rings. The number of hydrogen-bond acceptors (Lipinski definition) is 2. The van der Waals surface area contributed by atoms with E-state index >= 15 is 0 Å². The molecule has 3 aromatic heterocycles. The summed E-state index contributed by atoms with van der Waals surface area (Å²) in [7, 11) is 0. The lowest BCUT2D eigenvalue weighted by Crippen LogP contribution is -1.81. The van der Waals surface area contributed by atoms with Crippen LogP contribution >= 0.6 is 0 Å². The molecule has 0 saturated carbocycles. The number of rotatable bonds is 1. The van der Waals surface area contributed by atoms with Crippen molar-refractivity contribution in [2.45, 2.75) is 6.92 Å². The first-order valence-corrected chi connectivity index (χ1v) is 5.19. The van der Waals surface area contributed by atoms with E-state index in [4.69, 9.17) is 0 Å². The summed E-state index contributed by atoms with van der Waals surface area (Å²) in [6.45, 7) is 2.07. The van der Waals surface area contributed by atoms with E-state index in [1.54, 1.807) is 6.20 Å². The second-order valence-electron chi connectivity index (χ2n) is 3.84. The van der Waals surface area contributed by atoms with Gasteiger partial charge in [-0.15, -0.1) is 0 Å². The van der Waals surface area contributed by atoms with Crippen LogP contribution < -0.4 is 0 Å². The second kappa shape index (κ2) is 3.45. The number of fused-ring (bicyclic) bond motifs is 1. The number of pyridine rings is 2. The summed E-state index contributed by atoms with van der Waals surface area (Å²) >= 11 is 0. The fourth-order valence-corrected chi connectivity index (χ4v) is 1.74. The molecule has 0 radical (unpaired) electrons. The quantitative estimate of drug-likeness (QED) is 0.616. The largest absolute Gasteiger partial charge is 0.306 e. The highest BCUT2D eigenvalue weighted by Gasteiger charge is 2.03. The van der Waals surface area contributed by atoms with E-state index in [1.807, 2.05) is 35.1 Å². The zero-order chi connectivity index (χ0) is 11.0. The van der Waals surface area contributed by atoms with Crippen LogP contribution in [-0.4, -0.2) is 14.4 Å². The molecule has 0 spiro atoms. The first-order valence-electron chi connectivity index (χ1n) is 5.19. The van der Waals surface area contributed by atoms with Crippen LogP contribution in [0.1, 0.15) is 5.56 Å². The summed E-state index contributed by atoms with van der Waals surface area (Å²) in [5, 5.41) is 0. The van der Waals surface area contributed by atoms with Crippen molar-refractivity contribution < 1.29 is 0 Å². The second-order valence-corrected chi connectivity index (χ2v) is 3.84. The van der Waals surface area contributed by atoms with Gasteiger partial charge in [-0.2, -0.15) is 0 Å². The molecule has 78 valence electrons. The molecule has 16 heavy (non-hydrogen) atoms. The van der Waals surface area contributed by atoms with Gasteiger partial charge in [0.2, 0.25) is 0 Å². The molecule has 0 fully saturated rings. The number of nitrogens with zero attached hydrogens (tertiary/aromatic N) is 3. The predicted octanol–water partition coefficient (Wildman–Crippen LogP) is 2.70. The lowest BCUT2D eigenvalue weighted by Gasteiger charge is -1.92. The molecule has 3 aromatic rings. The zero-order valence-electron chi connectivity index (χ0n) is 8.96. The Bertz CT molecular complexity index is 626. The fourth-order valence-electron chi connectivity index (χ4n) is 1.74. The molecule has 0 saturated heterocycles. The van der Waals surface area contributed by atoms with Crippen LogP contribution in [0.25, 0.3) is 16.9 Å². The average molecular weight is 209 g/mol. The molecule has 3 heterocycles. The van der Waals surface area contributed by atoms with Gasteiger partial charge in [0.1, 0.15) is 5.65 Å². The Morgan fingerprint density at radius 3 is 3.00 bits per heavy atom. The summed E-state index contributed by atoms with van der Waals surface area (Å²) in [5.41, 5.74) is 4.19. The van der Waals surface area contributed by atoms with Gasteiger partial charge in [0.05, 0.1) is 5.69 Å².